The number of carbonyl (C=O) groups is 2. The molecule has 19 nitrogen and oxygen atoms in total. The molecule has 0 bridgehead atoms. The van der Waals surface area contributed by atoms with E-state index in [1.54, 1.807) is 69.7 Å². The predicted molar refractivity (Wildman–Crippen MR) is 190 cm³/mol. The molecule has 2 heterocycles. The van der Waals surface area contributed by atoms with E-state index in [0.29, 0.717) is 34.4 Å². The summed E-state index contributed by atoms with van der Waals surface area (Å²) in [5, 5.41) is 11.4. The lowest BCUT2D eigenvalue weighted by Crippen LogP contribution is -2.51. The van der Waals surface area contributed by atoms with Crippen molar-refractivity contribution >= 4 is 23.3 Å². The number of rotatable bonds is 14. The van der Waals surface area contributed by atoms with E-state index in [0.717, 1.165) is 11.1 Å². The van der Waals surface area contributed by atoms with Gasteiger partial charge in [-0.3, -0.25) is 9.59 Å². The molecule has 0 fully saturated rings. The van der Waals surface area contributed by atoms with Crippen LogP contribution in [0.5, 0.6) is 11.5 Å². The molecule has 1 amide bonds. The summed E-state index contributed by atoms with van der Waals surface area (Å²) in [6.45, 7) is 6.15. The summed E-state index contributed by atoms with van der Waals surface area (Å²) < 4.78 is 21.1. The van der Waals surface area contributed by atoms with Gasteiger partial charge in [0.05, 0.1) is 49.1 Å². The maximum Gasteiger partial charge on any atom is 0.326 e. The third-order valence-electron chi connectivity index (χ3n) is 6.37. The maximum absolute atomic E-state index is 11.5. The highest BCUT2D eigenvalue weighted by Crippen LogP contribution is 2.33. The molecule has 0 saturated heterocycles. The fraction of sp³-hybridized carbons (Fsp3) is 0.294. The van der Waals surface area contributed by atoms with Crippen LogP contribution in [-0.4, -0.2) is 66.3 Å². The zero-order valence-electron chi connectivity index (χ0n) is 30.3. The standard InChI is InChI=1S/C17H20N4O5.C16H17N3O6.CH5N/c1-17(2,16(22)18-3)21-26-8-7-25-20-12-5-6-13(14(9-12)23-4)15-10-19-11-24-15;1-16(2,15(20)21)19-25-7-6-24-18-11-4-5-12(13(8-11)22-3)14-9-17-10-23-14;1-2/h5-6,9-11,20-21H,1-4H3,(H,18,22);4-5,8-10,18-19H,1-3H3,(H,20,21);2H2,1H3. The van der Waals surface area contributed by atoms with Crippen molar-refractivity contribution < 1.29 is 52.4 Å². The van der Waals surface area contributed by atoms with E-state index in [2.05, 4.69) is 67.4 Å². The van der Waals surface area contributed by atoms with Gasteiger partial charge in [0.25, 0.3) is 0 Å². The Kier molecular flexibility index (Phi) is 17.1. The number of nitrogens with one attached hydrogen (secondary N) is 5. The van der Waals surface area contributed by atoms with Crippen LogP contribution in [0.15, 0.2) is 70.4 Å². The molecule has 4 rings (SSSR count). The number of likely N-dealkylation sites (N-methyl/N-ethyl adjacent to an activating group) is 1. The number of oxazole rings is 2. The molecule has 0 aliphatic rings. The molecule has 2 aromatic heterocycles. The number of ether oxygens (including phenoxy) is 2. The number of hydrogen-bond donors (Lipinski definition) is 7. The number of amides is 1. The SMILES string of the molecule is CN.CNC(=O)C(C)(C)NOC#CONc1ccc(-c2cnco2)c(OC)c1.COc1cc(NOC#CONC(C)(C)C(=O)O)ccc1-c1cnco1. The van der Waals surface area contributed by atoms with Crippen molar-refractivity contribution in [3.63, 3.8) is 0 Å². The number of carboxylic acids is 1. The van der Waals surface area contributed by atoms with Gasteiger partial charge in [-0.25, -0.2) is 20.9 Å². The molecule has 53 heavy (non-hydrogen) atoms. The summed E-state index contributed by atoms with van der Waals surface area (Å²) in [7, 11) is 6.11. The van der Waals surface area contributed by atoms with E-state index >= 15 is 0 Å². The highest BCUT2D eigenvalue weighted by Gasteiger charge is 2.28. The molecular formula is C34H42N8O11. The summed E-state index contributed by atoms with van der Waals surface area (Å²) >= 11 is 0. The number of aromatic nitrogens is 2. The van der Waals surface area contributed by atoms with Crippen LogP contribution >= 0.6 is 0 Å². The molecule has 8 N–H and O–H groups in total. The Bertz CT molecular complexity index is 1840. The Hall–Kier alpha value is -6.80. The van der Waals surface area contributed by atoms with Crippen LogP contribution in [0.2, 0.25) is 0 Å². The third-order valence-corrected chi connectivity index (χ3v) is 6.37. The van der Waals surface area contributed by atoms with E-state index in [-0.39, 0.29) is 5.91 Å². The number of nitrogens with zero attached hydrogens (tertiary/aromatic N) is 2. The van der Waals surface area contributed by atoms with Gasteiger partial charge >= 0.3 is 5.97 Å². The Morgan fingerprint density at radius 2 is 1.13 bits per heavy atom. The second kappa shape index (κ2) is 21.4. The summed E-state index contributed by atoms with van der Waals surface area (Å²) in [5.41, 5.74) is 15.0. The molecule has 19 heteroatoms. The van der Waals surface area contributed by atoms with Crippen molar-refractivity contribution in [2.45, 2.75) is 38.8 Å². The van der Waals surface area contributed by atoms with Gasteiger partial charge in [-0.1, -0.05) is 0 Å². The topological polar surface area (TPSA) is 248 Å². The van der Waals surface area contributed by atoms with Crippen LogP contribution < -0.4 is 42.4 Å². The van der Waals surface area contributed by atoms with Gasteiger partial charge in [0.2, 0.25) is 5.91 Å². The zero-order valence-corrected chi connectivity index (χ0v) is 30.3. The quantitative estimate of drug-likeness (QED) is 0.0725. The van der Waals surface area contributed by atoms with E-state index < -0.39 is 17.0 Å². The van der Waals surface area contributed by atoms with Gasteiger partial charge in [-0.2, -0.15) is 0 Å². The molecule has 0 spiro atoms. The molecule has 0 unspecified atom stereocenters. The fourth-order valence-corrected chi connectivity index (χ4v) is 3.58. The summed E-state index contributed by atoms with van der Waals surface area (Å²) in [6.07, 6.45) is 14.8. The van der Waals surface area contributed by atoms with Gasteiger partial charge in [-0.05, 0) is 59.0 Å². The van der Waals surface area contributed by atoms with E-state index in [9.17, 15) is 9.59 Å². The molecule has 0 aliphatic carbocycles. The number of nitrogens with two attached hydrogens (primary N) is 1. The second-order valence-corrected chi connectivity index (χ2v) is 10.9. The molecule has 0 radical (unpaired) electrons. The van der Waals surface area contributed by atoms with Gasteiger partial charge < -0.3 is 53.8 Å². The highest BCUT2D eigenvalue weighted by atomic mass is 16.7. The van der Waals surface area contributed by atoms with Crippen molar-refractivity contribution in [3.8, 4) is 58.6 Å². The minimum absolute atomic E-state index is 0.239. The minimum Gasteiger partial charge on any atom is -0.496 e. The van der Waals surface area contributed by atoms with E-state index in [1.165, 1.54) is 47.8 Å². The van der Waals surface area contributed by atoms with Crippen LogP contribution in [0, 0.1) is 24.4 Å². The zero-order chi connectivity index (χ0) is 39.3. The molecule has 0 saturated carbocycles. The van der Waals surface area contributed by atoms with Gasteiger partial charge in [0.15, 0.2) is 48.7 Å². The second-order valence-electron chi connectivity index (χ2n) is 10.9. The van der Waals surface area contributed by atoms with Crippen molar-refractivity contribution in [3.05, 3.63) is 61.6 Å². The van der Waals surface area contributed by atoms with Crippen molar-refractivity contribution in [2.75, 3.05) is 39.3 Å². The molecule has 0 aliphatic heterocycles. The Morgan fingerprint density at radius 1 is 0.717 bits per heavy atom. The predicted octanol–water partition coefficient (Wildman–Crippen LogP) is 3.23. The lowest BCUT2D eigenvalue weighted by atomic mass is 10.1. The van der Waals surface area contributed by atoms with Crippen LogP contribution in [0.4, 0.5) is 11.4 Å². The average molecular weight is 739 g/mol. The smallest absolute Gasteiger partial charge is 0.326 e. The van der Waals surface area contributed by atoms with E-state index in [4.69, 9.17) is 42.8 Å². The molecular weight excluding hydrogens is 696 g/mol. The van der Waals surface area contributed by atoms with Crippen LogP contribution in [-0.2, 0) is 28.9 Å². The number of benzene rings is 2. The number of carbonyl (C=O) groups excluding carboxylic acids is 1. The van der Waals surface area contributed by atoms with Crippen LogP contribution in [0.1, 0.15) is 27.7 Å². The van der Waals surface area contributed by atoms with Crippen molar-refractivity contribution in [2.24, 2.45) is 5.73 Å². The largest absolute Gasteiger partial charge is 0.496 e. The number of hydroxylamine groups is 2. The molecule has 4 aromatic rings. The maximum atomic E-state index is 11.5. The third kappa shape index (κ3) is 13.4. The fourth-order valence-electron chi connectivity index (χ4n) is 3.58. The van der Waals surface area contributed by atoms with Gasteiger partial charge in [0.1, 0.15) is 22.6 Å². The lowest BCUT2D eigenvalue weighted by molar-refractivity contribution is -0.147. The highest BCUT2D eigenvalue weighted by molar-refractivity contribution is 5.84. The first-order valence-electron chi connectivity index (χ1n) is 15.3. The summed E-state index contributed by atoms with van der Waals surface area (Å²) in [4.78, 5) is 49.6. The lowest BCUT2D eigenvalue weighted by Gasteiger charge is -2.21. The minimum atomic E-state index is -1.27. The monoisotopic (exact) mass is 738 g/mol. The Balaban J connectivity index is 0.000000351. The average Bonchev–Trinajstić information content (AvgIpc) is 3.91. The van der Waals surface area contributed by atoms with Crippen molar-refractivity contribution in [1.29, 1.82) is 0 Å². The molecule has 284 valence electrons. The Labute approximate surface area is 305 Å². The van der Waals surface area contributed by atoms with E-state index in [1.807, 2.05) is 0 Å². The van der Waals surface area contributed by atoms with Crippen LogP contribution in [0.25, 0.3) is 22.6 Å². The number of anilines is 2. The van der Waals surface area contributed by atoms with Gasteiger partial charge in [-0.15, -0.1) is 11.0 Å². The molecule has 2 aromatic carbocycles. The first-order chi connectivity index (χ1) is 25.4. The summed E-state index contributed by atoms with van der Waals surface area (Å²) in [5.74, 6) is 0.981. The van der Waals surface area contributed by atoms with Crippen LogP contribution in [0.3, 0.4) is 0 Å². The number of aliphatic carboxylic acids is 1. The first-order valence-corrected chi connectivity index (χ1v) is 15.3. The Morgan fingerprint density at radius 3 is 1.49 bits per heavy atom. The van der Waals surface area contributed by atoms with Gasteiger partial charge in [0, 0.05) is 19.2 Å². The van der Waals surface area contributed by atoms with Crippen molar-refractivity contribution in [1.82, 2.24) is 26.2 Å². The normalized spacial score (nSPS) is 10.1. The summed E-state index contributed by atoms with van der Waals surface area (Å²) in [6, 6.07) is 10.5. The number of methoxy groups -OCH3 is 2. The number of carboxylic acid groups (broad SMARTS) is 1. The first kappa shape index (κ1) is 42.4. The molecule has 0 atom stereocenters. The number of hydrogen-bond acceptors (Lipinski definition) is 17.